The Labute approximate surface area is 210 Å². The minimum absolute atomic E-state index is 0.00275. The summed E-state index contributed by atoms with van der Waals surface area (Å²) in [6.45, 7) is 7.69. The molecule has 0 heterocycles. The average Bonchev–Trinajstić information content (AvgIpc) is 3.16. The van der Waals surface area contributed by atoms with Crippen LogP contribution < -0.4 is 5.32 Å². The molecule has 1 aliphatic rings. The Morgan fingerprint density at radius 3 is 1.91 bits per heavy atom. The van der Waals surface area contributed by atoms with Crippen LogP contribution in [0.1, 0.15) is 70.4 Å². The Morgan fingerprint density at radius 1 is 0.857 bits per heavy atom. The second-order valence-electron chi connectivity index (χ2n) is 9.09. The molecule has 5 nitrogen and oxygen atoms in total. The number of amides is 1. The van der Waals surface area contributed by atoms with E-state index in [1.54, 1.807) is 0 Å². The Hall–Kier alpha value is -2.20. The third-order valence-electron chi connectivity index (χ3n) is 6.48. The second-order valence-corrected chi connectivity index (χ2v) is 11.2. The van der Waals surface area contributed by atoms with Gasteiger partial charge in [0.1, 0.15) is 5.41 Å². The summed E-state index contributed by atoms with van der Waals surface area (Å²) < 4.78 is 24.8. The highest BCUT2D eigenvalue weighted by atomic mass is 31.2. The molecule has 2 aromatic carbocycles. The summed E-state index contributed by atoms with van der Waals surface area (Å²) in [5.74, 6) is 0.00275. The third kappa shape index (κ3) is 6.33. The molecule has 1 amide bonds. The van der Waals surface area contributed by atoms with E-state index in [1.807, 2.05) is 36.4 Å². The van der Waals surface area contributed by atoms with Crippen molar-refractivity contribution in [2.75, 3.05) is 25.9 Å². The Kier molecular flexibility index (Phi) is 10.3. The van der Waals surface area contributed by atoms with Crippen LogP contribution in [0.5, 0.6) is 0 Å². The van der Waals surface area contributed by atoms with Crippen LogP contribution in [-0.4, -0.2) is 31.8 Å². The number of carbonyl (C=O) groups is 1. The van der Waals surface area contributed by atoms with Gasteiger partial charge in [-0.1, -0.05) is 94.3 Å². The first-order valence-corrected chi connectivity index (χ1v) is 14.8. The summed E-state index contributed by atoms with van der Waals surface area (Å²) in [6.07, 6.45) is 9.03. The van der Waals surface area contributed by atoms with E-state index in [-0.39, 0.29) is 12.1 Å². The van der Waals surface area contributed by atoms with Crippen molar-refractivity contribution in [3.8, 4) is 11.1 Å². The van der Waals surface area contributed by atoms with E-state index in [2.05, 4.69) is 50.4 Å². The van der Waals surface area contributed by atoms with Gasteiger partial charge in [0.25, 0.3) is 0 Å². The van der Waals surface area contributed by atoms with Crippen LogP contribution in [0.2, 0.25) is 0 Å². The maximum atomic E-state index is 13.7. The van der Waals surface area contributed by atoms with E-state index in [0.29, 0.717) is 26.2 Å². The van der Waals surface area contributed by atoms with Crippen molar-refractivity contribution in [3.63, 3.8) is 0 Å². The number of benzene rings is 2. The summed E-state index contributed by atoms with van der Waals surface area (Å²) in [6, 6.07) is 16.3. The van der Waals surface area contributed by atoms with Crippen LogP contribution in [0.4, 0.5) is 0 Å². The van der Waals surface area contributed by atoms with Crippen molar-refractivity contribution < 1.29 is 18.4 Å². The molecular formula is C29H40NO4P. The standard InChI is InChI=1S/C29H40NO4P/c1-4-7-21-33-35(32,34-22-8-5-2)23-14-13-19-29(28(31)30-20-6-3)26-17-11-9-15-24(26)25-16-10-12-18-27(25)29/h9-18H,4-8,19-23H2,1-3H3,(H,30,31). The lowest BCUT2D eigenvalue weighted by atomic mass is 9.74. The molecule has 3 rings (SSSR count). The topological polar surface area (TPSA) is 64.6 Å². The molecule has 0 saturated carbocycles. The van der Waals surface area contributed by atoms with Gasteiger partial charge in [-0.3, -0.25) is 9.36 Å². The minimum atomic E-state index is -3.22. The number of carbonyl (C=O) groups excluding carboxylic acids is 1. The number of hydrogen-bond donors (Lipinski definition) is 1. The zero-order chi connectivity index (χ0) is 25.2. The molecule has 0 saturated heterocycles. The zero-order valence-electron chi connectivity index (χ0n) is 21.4. The van der Waals surface area contributed by atoms with Gasteiger partial charge < -0.3 is 14.4 Å². The third-order valence-corrected chi connectivity index (χ3v) is 8.29. The van der Waals surface area contributed by atoms with Crippen LogP contribution in [0, 0.1) is 0 Å². The van der Waals surface area contributed by atoms with Gasteiger partial charge in [0.2, 0.25) is 5.91 Å². The van der Waals surface area contributed by atoms with E-state index >= 15 is 0 Å². The summed E-state index contributed by atoms with van der Waals surface area (Å²) in [4.78, 5) is 13.7. The van der Waals surface area contributed by atoms with E-state index < -0.39 is 13.0 Å². The van der Waals surface area contributed by atoms with Gasteiger partial charge in [0.05, 0.1) is 19.4 Å². The lowest BCUT2D eigenvalue weighted by molar-refractivity contribution is -0.125. The highest BCUT2D eigenvalue weighted by Crippen LogP contribution is 2.52. The second kappa shape index (κ2) is 13.2. The molecule has 35 heavy (non-hydrogen) atoms. The quantitative estimate of drug-likeness (QED) is 0.160. The SMILES string of the molecule is CCCCOP(=O)(CC=CCC1(C(=O)NCCC)c2ccccc2-c2ccccc21)OCCCC. The number of fused-ring (bicyclic) bond motifs is 3. The normalized spacial score (nSPS) is 14.1. The van der Waals surface area contributed by atoms with Crippen LogP contribution in [0.3, 0.4) is 0 Å². The maximum absolute atomic E-state index is 13.7. The van der Waals surface area contributed by atoms with Gasteiger partial charge >= 0.3 is 7.60 Å². The largest absolute Gasteiger partial charge is 0.355 e. The van der Waals surface area contributed by atoms with Gasteiger partial charge in [-0.25, -0.2) is 0 Å². The van der Waals surface area contributed by atoms with Gasteiger partial charge in [0.15, 0.2) is 0 Å². The van der Waals surface area contributed by atoms with E-state index in [4.69, 9.17) is 9.05 Å². The maximum Gasteiger partial charge on any atom is 0.334 e. The number of hydrogen-bond acceptors (Lipinski definition) is 4. The molecule has 190 valence electrons. The molecule has 0 fully saturated rings. The summed E-state index contributed by atoms with van der Waals surface area (Å²) in [5.41, 5.74) is 3.40. The molecule has 0 atom stereocenters. The molecule has 6 heteroatoms. The number of unbranched alkanes of at least 4 members (excludes halogenated alkanes) is 2. The number of nitrogens with one attached hydrogen (secondary N) is 1. The molecule has 0 aromatic heterocycles. The molecule has 1 aliphatic carbocycles. The van der Waals surface area contributed by atoms with Crippen LogP contribution >= 0.6 is 7.60 Å². The zero-order valence-corrected chi connectivity index (χ0v) is 22.3. The van der Waals surface area contributed by atoms with E-state index in [0.717, 1.165) is 54.4 Å². The fraction of sp³-hybridized carbons (Fsp3) is 0.483. The van der Waals surface area contributed by atoms with Crippen molar-refractivity contribution in [2.24, 2.45) is 0 Å². The fourth-order valence-electron chi connectivity index (χ4n) is 4.57. The van der Waals surface area contributed by atoms with Crippen molar-refractivity contribution in [2.45, 2.75) is 64.7 Å². The summed E-state index contributed by atoms with van der Waals surface area (Å²) in [5, 5.41) is 3.15. The molecule has 0 unspecified atom stereocenters. The molecule has 0 spiro atoms. The predicted octanol–water partition coefficient (Wildman–Crippen LogP) is 7.25. The first-order chi connectivity index (χ1) is 17.0. The highest BCUT2D eigenvalue weighted by Gasteiger charge is 2.47. The van der Waals surface area contributed by atoms with E-state index in [1.165, 1.54) is 0 Å². The fourth-order valence-corrected chi connectivity index (χ4v) is 6.08. The van der Waals surface area contributed by atoms with Crippen molar-refractivity contribution >= 4 is 13.5 Å². The minimum Gasteiger partial charge on any atom is -0.355 e. The first kappa shape index (κ1) is 27.4. The highest BCUT2D eigenvalue weighted by molar-refractivity contribution is 7.54. The van der Waals surface area contributed by atoms with Gasteiger partial charge in [-0.15, -0.1) is 0 Å². The van der Waals surface area contributed by atoms with Gasteiger partial charge in [-0.05, 0) is 47.9 Å². The summed E-state index contributed by atoms with van der Waals surface area (Å²) >= 11 is 0. The number of rotatable bonds is 15. The molecular weight excluding hydrogens is 457 g/mol. The molecule has 0 aliphatic heterocycles. The van der Waals surface area contributed by atoms with Gasteiger partial charge in [-0.2, -0.15) is 0 Å². The molecule has 0 bridgehead atoms. The predicted molar refractivity (Wildman–Crippen MR) is 144 cm³/mol. The van der Waals surface area contributed by atoms with Crippen LogP contribution in [0.15, 0.2) is 60.7 Å². The van der Waals surface area contributed by atoms with Crippen LogP contribution in [-0.2, 0) is 23.8 Å². The van der Waals surface area contributed by atoms with Crippen molar-refractivity contribution in [1.29, 1.82) is 0 Å². The Balaban J connectivity index is 1.89. The molecule has 2 aromatic rings. The monoisotopic (exact) mass is 497 g/mol. The van der Waals surface area contributed by atoms with Crippen molar-refractivity contribution in [1.82, 2.24) is 5.32 Å². The molecule has 0 radical (unpaired) electrons. The van der Waals surface area contributed by atoms with Crippen molar-refractivity contribution in [3.05, 3.63) is 71.8 Å². The lowest BCUT2D eigenvalue weighted by Gasteiger charge is -2.30. The Morgan fingerprint density at radius 2 is 1.40 bits per heavy atom. The average molecular weight is 498 g/mol. The number of allylic oxidation sites excluding steroid dienone is 2. The Bertz CT molecular complexity index is 989. The van der Waals surface area contributed by atoms with E-state index in [9.17, 15) is 9.36 Å². The lowest BCUT2D eigenvalue weighted by Crippen LogP contribution is -2.44. The smallest absolute Gasteiger partial charge is 0.334 e. The molecule has 1 N–H and O–H groups in total. The van der Waals surface area contributed by atoms with Crippen LogP contribution in [0.25, 0.3) is 11.1 Å². The first-order valence-electron chi connectivity index (χ1n) is 13.0. The van der Waals surface area contributed by atoms with Gasteiger partial charge in [0, 0.05) is 6.54 Å². The summed E-state index contributed by atoms with van der Waals surface area (Å²) in [7, 11) is -3.22.